The zero-order valence-electron chi connectivity index (χ0n) is 8.98. The number of nitrogens with one attached hydrogen (secondary N) is 1. The second-order valence-corrected chi connectivity index (χ2v) is 3.76. The van der Waals surface area contributed by atoms with Crippen LogP contribution in [-0.2, 0) is 11.2 Å². The van der Waals surface area contributed by atoms with Gasteiger partial charge in [-0.1, -0.05) is 6.07 Å². The van der Waals surface area contributed by atoms with E-state index in [4.69, 9.17) is 5.73 Å². The summed E-state index contributed by atoms with van der Waals surface area (Å²) in [5.74, 6) is 0. The topological polar surface area (TPSA) is 77.2 Å². The number of hydrogen-bond acceptors (Lipinski definition) is 4. The van der Waals surface area contributed by atoms with E-state index < -0.39 is 6.09 Å². The Labute approximate surface area is 94.0 Å². The summed E-state index contributed by atoms with van der Waals surface area (Å²) >= 11 is 0. The molecule has 5 nitrogen and oxygen atoms in total. The summed E-state index contributed by atoms with van der Waals surface area (Å²) in [7, 11) is 0. The molecule has 0 spiro atoms. The lowest BCUT2D eigenvalue weighted by atomic mass is 10.2. The van der Waals surface area contributed by atoms with E-state index in [1.54, 1.807) is 6.20 Å². The fraction of sp³-hybridized carbons (Fsp3) is 0.455. The molecule has 1 atom stereocenters. The average molecular weight is 221 g/mol. The van der Waals surface area contributed by atoms with Crippen LogP contribution in [0.2, 0.25) is 0 Å². The second-order valence-electron chi connectivity index (χ2n) is 3.76. The molecule has 0 fully saturated rings. The molecule has 1 aromatic heterocycles. The van der Waals surface area contributed by atoms with Crippen LogP contribution in [0, 0.1) is 0 Å². The zero-order valence-corrected chi connectivity index (χ0v) is 8.98. The first kappa shape index (κ1) is 10.9. The molecule has 1 unspecified atom stereocenters. The van der Waals surface area contributed by atoms with Gasteiger partial charge in [-0.2, -0.15) is 0 Å². The number of carbonyl (C=O) groups excluding carboxylic acids is 1. The molecule has 0 aliphatic heterocycles. The van der Waals surface area contributed by atoms with Gasteiger partial charge in [0, 0.05) is 12.7 Å². The number of amides is 1. The summed E-state index contributed by atoms with van der Waals surface area (Å²) in [6, 6.07) is 4.33. The quantitative estimate of drug-likeness (QED) is 0.736. The third-order valence-corrected chi connectivity index (χ3v) is 2.70. The van der Waals surface area contributed by atoms with E-state index >= 15 is 0 Å². The molecule has 1 amide bonds. The lowest BCUT2D eigenvalue weighted by molar-refractivity contribution is 0.156. The fourth-order valence-electron chi connectivity index (χ4n) is 2.00. The number of carbonyl (C=O) groups is 1. The number of aromatic nitrogens is 1. The van der Waals surface area contributed by atoms with E-state index in [1.807, 2.05) is 6.07 Å². The molecule has 86 valence electrons. The standard InChI is InChI=1S/C11H15N3O2/c12-11(15)16-7-6-13-9-4-3-8-2-1-5-14-10(8)9/h1-2,5,9,13H,3-4,6-7H2,(H2,12,15). The first-order valence-electron chi connectivity index (χ1n) is 5.37. The minimum absolute atomic E-state index is 0.271. The van der Waals surface area contributed by atoms with Gasteiger partial charge in [0.2, 0.25) is 0 Å². The lowest BCUT2D eigenvalue weighted by Crippen LogP contribution is -2.26. The molecular formula is C11H15N3O2. The van der Waals surface area contributed by atoms with Crippen molar-refractivity contribution in [2.24, 2.45) is 5.73 Å². The summed E-state index contributed by atoms with van der Waals surface area (Å²) < 4.78 is 4.65. The van der Waals surface area contributed by atoms with Crippen LogP contribution in [-0.4, -0.2) is 24.2 Å². The number of pyridine rings is 1. The monoisotopic (exact) mass is 221 g/mol. The SMILES string of the molecule is NC(=O)OCCNC1CCc2cccnc21. The van der Waals surface area contributed by atoms with E-state index in [1.165, 1.54) is 5.56 Å². The minimum atomic E-state index is -0.730. The number of nitrogens with zero attached hydrogens (tertiary/aromatic N) is 1. The van der Waals surface area contributed by atoms with Gasteiger partial charge in [-0.25, -0.2) is 4.79 Å². The average Bonchev–Trinajstić information content (AvgIpc) is 2.68. The number of fused-ring (bicyclic) bond motifs is 1. The van der Waals surface area contributed by atoms with Crippen LogP contribution < -0.4 is 11.1 Å². The minimum Gasteiger partial charge on any atom is -0.448 e. The summed E-state index contributed by atoms with van der Waals surface area (Å²) in [5, 5.41) is 3.30. The van der Waals surface area contributed by atoms with Crippen molar-refractivity contribution >= 4 is 6.09 Å². The Bertz CT molecular complexity index is 381. The molecule has 0 aromatic carbocycles. The number of aryl methyl sites for hydroxylation is 1. The number of ether oxygens (including phenoxy) is 1. The number of primary amides is 1. The highest BCUT2D eigenvalue weighted by Gasteiger charge is 2.22. The van der Waals surface area contributed by atoms with Gasteiger partial charge < -0.3 is 15.8 Å². The van der Waals surface area contributed by atoms with Crippen molar-refractivity contribution < 1.29 is 9.53 Å². The summed E-state index contributed by atoms with van der Waals surface area (Å²) in [5.41, 5.74) is 7.28. The Morgan fingerprint density at radius 2 is 2.56 bits per heavy atom. The van der Waals surface area contributed by atoms with Gasteiger partial charge in [0.1, 0.15) is 6.61 Å². The molecule has 3 N–H and O–H groups in total. The molecule has 2 rings (SSSR count). The Morgan fingerprint density at radius 3 is 3.38 bits per heavy atom. The van der Waals surface area contributed by atoms with E-state index in [-0.39, 0.29) is 6.04 Å². The van der Waals surface area contributed by atoms with Gasteiger partial charge in [0.15, 0.2) is 0 Å². The van der Waals surface area contributed by atoms with Gasteiger partial charge in [0.25, 0.3) is 0 Å². The molecule has 1 aliphatic rings. The van der Waals surface area contributed by atoms with Crippen molar-refractivity contribution in [1.82, 2.24) is 10.3 Å². The molecule has 0 saturated heterocycles. The van der Waals surface area contributed by atoms with Crippen LogP contribution in [0.4, 0.5) is 4.79 Å². The largest absolute Gasteiger partial charge is 0.448 e. The van der Waals surface area contributed by atoms with Crippen LogP contribution in [0.5, 0.6) is 0 Å². The van der Waals surface area contributed by atoms with Gasteiger partial charge in [-0.15, -0.1) is 0 Å². The van der Waals surface area contributed by atoms with Gasteiger partial charge >= 0.3 is 6.09 Å². The van der Waals surface area contributed by atoms with Crippen molar-refractivity contribution in [2.45, 2.75) is 18.9 Å². The molecule has 0 bridgehead atoms. The van der Waals surface area contributed by atoms with Crippen molar-refractivity contribution in [3.8, 4) is 0 Å². The first-order chi connectivity index (χ1) is 7.77. The van der Waals surface area contributed by atoms with E-state index in [9.17, 15) is 4.79 Å². The summed E-state index contributed by atoms with van der Waals surface area (Å²) in [6.45, 7) is 0.900. The van der Waals surface area contributed by atoms with E-state index in [0.717, 1.165) is 18.5 Å². The van der Waals surface area contributed by atoms with Crippen molar-refractivity contribution in [1.29, 1.82) is 0 Å². The molecule has 0 saturated carbocycles. The third kappa shape index (κ3) is 2.49. The van der Waals surface area contributed by atoms with Crippen LogP contribution in [0.15, 0.2) is 18.3 Å². The second kappa shape index (κ2) is 4.94. The highest BCUT2D eigenvalue weighted by Crippen LogP contribution is 2.28. The maximum atomic E-state index is 10.4. The van der Waals surface area contributed by atoms with Gasteiger partial charge in [0.05, 0.1) is 11.7 Å². The number of hydrogen-bond donors (Lipinski definition) is 2. The van der Waals surface area contributed by atoms with E-state index in [0.29, 0.717) is 13.2 Å². The van der Waals surface area contributed by atoms with Crippen molar-refractivity contribution in [3.05, 3.63) is 29.6 Å². The predicted molar refractivity (Wildman–Crippen MR) is 58.8 cm³/mol. The molecule has 0 radical (unpaired) electrons. The van der Waals surface area contributed by atoms with Gasteiger partial charge in [-0.05, 0) is 24.5 Å². The Hall–Kier alpha value is -1.62. The Kier molecular flexibility index (Phi) is 3.36. The Balaban J connectivity index is 1.82. The summed E-state index contributed by atoms with van der Waals surface area (Å²) in [4.78, 5) is 14.7. The van der Waals surface area contributed by atoms with Crippen LogP contribution in [0.25, 0.3) is 0 Å². The number of nitrogens with two attached hydrogens (primary N) is 1. The molecular weight excluding hydrogens is 206 g/mol. The predicted octanol–water partition coefficient (Wildman–Crippen LogP) is 0.754. The van der Waals surface area contributed by atoms with E-state index in [2.05, 4.69) is 21.1 Å². The lowest BCUT2D eigenvalue weighted by Gasteiger charge is -2.12. The highest BCUT2D eigenvalue weighted by molar-refractivity contribution is 5.64. The molecule has 1 aliphatic carbocycles. The zero-order chi connectivity index (χ0) is 11.4. The molecule has 5 heteroatoms. The Morgan fingerprint density at radius 1 is 1.69 bits per heavy atom. The normalized spacial score (nSPS) is 18.1. The molecule has 1 heterocycles. The fourth-order valence-corrected chi connectivity index (χ4v) is 2.00. The summed E-state index contributed by atoms with van der Waals surface area (Å²) in [6.07, 6.45) is 3.17. The smallest absolute Gasteiger partial charge is 0.404 e. The molecule has 16 heavy (non-hydrogen) atoms. The number of rotatable bonds is 4. The first-order valence-corrected chi connectivity index (χ1v) is 5.37. The molecule has 1 aromatic rings. The maximum Gasteiger partial charge on any atom is 0.404 e. The van der Waals surface area contributed by atoms with Crippen LogP contribution in [0.3, 0.4) is 0 Å². The third-order valence-electron chi connectivity index (χ3n) is 2.70. The van der Waals surface area contributed by atoms with Crippen molar-refractivity contribution in [3.63, 3.8) is 0 Å². The van der Waals surface area contributed by atoms with Crippen molar-refractivity contribution in [2.75, 3.05) is 13.2 Å². The highest BCUT2D eigenvalue weighted by atomic mass is 16.5. The van der Waals surface area contributed by atoms with Crippen LogP contribution in [0.1, 0.15) is 23.7 Å². The van der Waals surface area contributed by atoms with Crippen LogP contribution >= 0.6 is 0 Å². The maximum absolute atomic E-state index is 10.4. The van der Waals surface area contributed by atoms with Gasteiger partial charge in [-0.3, -0.25) is 4.98 Å².